The molecule has 0 atom stereocenters. The molecule has 0 saturated heterocycles. The van der Waals surface area contributed by atoms with Gasteiger partial charge in [0.15, 0.2) is 5.17 Å². The molecule has 0 radical (unpaired) electrons. The van der Waals surface area contributed by atoms with Crippen LogP contribution >= 0.6 is 11.8 Å². The first-order valence-electron chi connectivity index (χ1n) is 17.1. The Kier molecular flexibility index (Phi) is 11.2. The van der Waals surface area contributed by atoms with Crippen molar-refractivity contribution in [1.29, 1.82) is 0 Å². The summed E-state index contributed by atoms with van der Waals surface area (Å²) in [5.74, 6) is -0.0443. The number of fused-ring (bicyclic) bond motifs is 1. The van der Waals surface area contributed by atoms with Crippen LogP contribution in [0.2, 0.25) is 0 Å². The van der Waals surface area contributed by atoms with Gasteiger partial charge in [0.05, 0.1) is 5.69 Å². The lowest BCUT2D eigenvalue weighted by Gasteiger charge is -2.40. The van der Waals surface area contributed by atoms with Crippen molar-refractivity contribution in [2.24, 2.45) is 10.4 Å². The first-order chi connectivity index (χ1) is 21.9. The van der Waals surface area contributed by atoms with Gasteiger partial charge in [-0.25, -0.2) is 4.99 Å². The zero-order valence-corrected chi connectivity index (χ0v) is 30.9. The number of hydrogen-bond donors (Lipinski definition) is 1. The molecular formula is C39H55N5OS. The molecule has 1 aliphatic rings. The van der Waals surface area contributed by atoms with Crippen LogP contribution in [0.4, 0.5) is 22.7 Å². The molecule has 3 aromatic rings. The number of amidine groups is 1. The normalized spacial score (nSPS) is 13.9. The number of thioether (sulfide) groups is 1. The molecule has 46 heavy (non-hydrogen) atoms. The zero-order chi connectivity index (χ0) is 33.8. The monoisotopic (exact) mass is 641 g/mol. The van der Waals surface area contributed by atoms with Crippen molar-refractivity contribution in [2.75, 3.05) is 54.0 Å². The Hall–Kier alpha value is -3.45. The van der Waals surface area contributed by atoms with Gasteiger partial charge in [-0.2, -0.15) is 0 Å². The van der Waals surface area contributed by atoms with Gasteiger partial charge < -0.3 is 20.0 Å². The van der Waals surface area contributed by atoms with E-state index in [0.29, 0.717) is 5.17 Å². The Morgan fingerprint density at radius 3 is 1.61 bits per heavy atom. The average Bonchev–Trinajstić information content (AvgIpc) is 3.03. The number of rotatable bonds is 11. The van der Waals surface area contributed by atoms with Crippen LogP contribution < -0.4 is 20.0 Å². The van der Waals surface area contributed by atoms with Gasteiger partial charge in [-0.05, 0) is 102 Å². The number of hydrogen-bond acceptors (Lipinski definition) is 6. The molecule has 1 aliphatic heterocycles. The first kappa shape index (κ1) is 35.4. The predicted molar refractivity (Wildman–Crippen MR) is 202 cm³/mol. The fourth-order valence-electron chi connectivity index (χ4n) is 6.55. The number of carbonyl (C=O) groups excluding carboxylic acids is 1. The number of aryl methyl sites for hydroxylation is 2. The molecule has 1 amide bonds. The van der Waals surface area contributed by atoms with Crippen molar-refractivity contribution in [3.8, 4) is 0 Å². The summed E-state index contributed by atoms with van der Waals surface area (Å²) >= 11 is 1.64. The summed E-state index contributed by atoms with van der Waals surface area (Å²) in [6.45, 7) is 29.1. The van der Waals surface area contributed by atoms with E-state index in [1.54, 1.807) is 11.8 Å². The number of nitrogens with zero attached hydrogens (tertiary/aromatic N) is 4. The number of amides is 1. The van der Waals surface area contributed by atoms with Gasteiger partial charge in [-0.1, -0.05) is 62.9 Å². The Morgan fingerprint density at radius 1 is 0.717 bits per heavy atom. The van der Waals surface area contributed by atoms with Crippen molar-refractivity contribution < 1.29 is 4.79 Å². The molecule has 0 aromatic heterocycles. The molecule has 0 aliphatic carbocycles. The number of anilines is 3. The molecule has 4 rings (SSSR count). The van der Waals surface area contributed by atoms with Gasteiger partial charge in [0.1, 0.15) is 4.75 Å². The molecule has 7 heteroatoms. The highest BCUT2D eigenvalue weighted by Crippen LogP contribution is 2.56. The second-order valence-corrected chi connectivity index (χ2v) is 14.3. The smallest absolute Gasteiger partial charge is 0.231 e. The summed E-state index contributed by atoms with van der Waals surface area (Å²) < 4.78 is -0.640. The lowest BCUT2D eigenvalue weighted by atomic mass is 9.81. The summed E-state index contributed by atoms with van der Waals surface area (Å²) in [6.07, 6.45) is 0. The maximum absolute atomic E-state index is 13.5. The van der Waals surface area contributed by atoms with Crippen LogP contribution in [0.3, 0.4) is 0 Å². The summed E-state index contributed by atoms with van der Waals surface area (Å²) in [4.78, 5) is 25.8. The molecule has 0 bridgehead atoms. The van der Waals surface area contributed by atoms with Crippen LogP contribution in [0.25, 0.3) is 0 Å². The van der Waals surface area contributed by atoms with Crippen LogP contribution in [0.5, 0.6) is 0 Å². The third-order valence-electron chi connectivity index (χ3n) is 9.28. The van der Waals surface area contributed by atoms with Crippen LogP contribution in [0.15, 0.2) is 59.6 Å². The van der Waals surface area contributed by atoms with E-state index < -0.39 is 10.2 Å². The topological polar surface area (TPSA) is 51.2 Å². The largest absolute Gasteiger partial charge is 0.372 e. The summed E-state index contributed by atoms with van der Waals surface area (Å²) in [5.41, 5.74) is 9.94. The molecule has 0 spiro atoms. The van der Waals surface area contributed by atoms with Gasteiger partial charge in [0.25, 0.3) is 0 Å². The van der Waals surface area contributed by atoms with Crippen molar-refractivity contribution in [3.05, 3.63) is 82.4 Å². The van der Waals surface area contributed by atoms with E-state index >= 15 is 0 Å². The van der Waals surface area contributed by atoms with E-state index in [1.165, 1.54) is 33.6 Å². The van der Waals surface area contributed by atoms with Gasteiger partial charge in [-0.15, -0.1) is 0 Å². The van der Waals surface area contributed by atoms with Crippen molar-refractivity contribution in [2.45, 2.75) is 80.9 Å². The number of aliphatic imine (C=N–C) groups is 1. The van der Waals surface area contributed by atoms with Crippen molar-refractivity contribution >= 4 is 45.6 Å². The lowest BCUT2D eigenvalue weighted by molar-refractivity contribution is -0.126. The molecule has 3 aromatic carbocycles. The van der Waals surface area contributed by atoms with Crippen LogP contribution in [0, 0.1) is 19.3 Å². The van der Waals surface area contributed by atoms with E-state index in [1.807, 2.05) is 20.8 Å². The van der Waals surface area contributed by atoms with Gasteiger partial charge in [0.2, 0.25) is 5.91 Å². The summed E-state index contributed by atoms with van der Waals surface area (Å²) in [7, 11) is 0. The minimum Gasteiger partial charge on any atom is -0.372 e. The second kappa shape index (κ2) is 14.5. The number of carbonyl (C=O) groups is 1. The maximum Gasteiger partial charge on any atom is 0.231 e. The van der Waals surface area contributed by atoms with Gasteiger partial charge in [0, 0.05) is 67.3 Å². The third-order valence-corrected chi connectivity index (χ3v) is 10.7. The highest BCUT2D eigenvalue weighted by Gasteiger charge is 2.44. The number of benzene rings is 3. The lowest BCUT2D eigenvalue weighted by Crippen LogP contribution is -2.41. The van der Waals surface area contributed by atoms with E-state index in [0.717, 1.165) is 56.2 Å². The summed E-state index contributed by atoms with van der Waals surface area (Å²) in [6, 6.07) is 20.5. The Labute approximate surface area is 282 Å². The Bertz CT molecular complexity index is 1500. The molecule has 248 valence electrons. The minimum absolute atomic E-state index is 0.0443. The first-order valence-corrected chi connectivity index (χ1v) is 17.9. The van der Waals surface area contributed by atoms with Crippen molar-refractivity contribution in [3.63, 3.8) is 0 Å². The van der Waals surface area contributed by atoms with E-state index in [2.05, 4.69) is 130 Å². The molecule has 1 heterocycles. The predicted octanol–water partition coefficient (Wildman–Crippen LogP) is 9.03. The SMILES string of the molecule is CCN(CC)c1ccc2c(c1)N=C(NC(=O)C(C)(C)C)SC2(c1ccc(N(CC)CC)c(C)c1)c1ccc(N(CC)CC)c(C)c1. The van der Waals surface area contributed by atoms with Crippen LogP contribution in [0.1, 0.15) is 90.1 Å². The Balaban J connectivity index is 2.06. The van der Waals surface area contributed by atoms with E-state index in [4.69, 9.17) is 4.99 Å². The second-order valence-electron chi connectivity index (χ2n) is 13.1. The number of nitrogens with one attached hydrogen (secondary N) is 1. The molecule has 6 nitrogen and oxygen atoms in total. The molecule has 0 saturated carbocycles. The Morgan fingerprint density at radius 2 is 1.20 bits per heavy atom. The summed E-state index contributed by atoms with van der Waals surface area (Å²) in [5, 5.41) is 3.86. The average molecular weight is 642 g/mol. The van der Waals surface area contributed by atoms with Crippen LogP contribution in [-0.4, -0.2) is 50.3 Å². The molecule has 1 N–H and O–H groups in total. The van der Waals surface area contributed by atoms with Crippen molar-refractivity contribution in [1.82, 2.24) is 5.32 Å². The van der Waals surface area contributed by atoms with Gasteiger partial charge >= 0.3 is 0 Å². The maximum atomic E-state index is 13.5. The zero-order valence-electron chi connectivity index (χ0n) is 30.0. The van der Waals surface area contributed by atoms with E-state index in [-0.39, 0.29) is 5.91 Å². The highest BCUT2D eigenvalue weighted by molar-refractivity contribution is 8.15. The quantitative estimate of drug-likeness (QED) is 0.226. The minimum atomic E-state index is -0.640. The highest BCUT2D eigenvalue weighted by atomic mass is 32.2. The standard InChI is InChI=1S/C39H55N5OS/c1-12-42(13-2)31-20-21-32-33(26-31)40-37(41-36(45)38(9,10)11)46-39(32,29-18-22-34(27(7)24-29)43(14-3)15-4)30-19-23-35(28(8)25-30)44(16-5)17-6/h18-26H,12-17H2,1-11H3,(H,40,41,45). The fraction of sp³-hybridized carbons (Fsp3) is 0.487. The van der Waals surface area contributed by atoms with Gasteiger partial charge in [-0.3, -0.25) is 4.79 Å². The fourth-order valence-corrected chi connectivity index (χ4v) is 7.90. The molecular weight excluding hydrogens is 587 g/mol. The molecule has 0 unspecified atom stereocenters. The third kappa shape index (κ3) is 6.80. The molecule has 0 fully saturated rings. The van der Waals surface area contributed by atoms with Crippen LogP contribution in [-0.2, 0) is 9.54 Å². The van der Waals surface area contributed by atoms with E-state index in [9.17, 15) is 4.79 Å².